The average Bonchev–Trinajstić information content (AvgIpc) is 2.62. The van der Waals surface area contributed by atoms with Crippen LogP contribution in [-0.2, 0) is 12.8 Å². The van der Waals surface area contributed by atoms with Crippen LogP contribution >= 0.6 is 11.6 Å². The summed E-state index contributed by atoms with van der Waals surface area (Å²) in [6, 6.07) is 10.9. The molecule has 2 aromatic rings. The van der Waals surface area contributed by atoms with Gasteiger partial charge in [-0.25, -0.2) is 0 Å². The number of amidine groups is 1. The largest absolute Gasteiger partial charge is 0.360 e. The number of benzene rings is 2. The van der Waals surface area contributed by atoms with E-state index in [0.29, 0.717) is 5.84 Å². The number of hydrogen-bond acceptors (Lipinski definition) is 1. The molecule has 0 saturated heterocycles. The van der Waals surface area contributed by atoms with Crippen molar-refractivity contribution >= 4 is 17.4 Å². The molecule has 1 N–H and O–H groups in total. The van der Waals surface area contributed by atoms with E-state index in [1.165, 1.54) is 35.1 Å². The number of halogens is 1. The third-order valence-corrected chi connectivity index (χ3v) is 5.46. The van der Waals surface area contributed by atoms with Crippen LogP contribution in [0.15, 0.2) is 30.3 Å². The predicted octanol–water partition coefficient (Wildman–Crippen LogP) is 6.17. The Labute approximate surface area is 163 Å². The smallest absolute Gasteiger partial charge is 0.128 e. The van der Waals surface area contributed by atoms with Gasteiger partial charge in [-0.3, -0.25) is 5.41 Å². The summed E-state index contributed by atoms with van der Waals surface area (Å²) in [6.07, 6.45) is 4.29. The number of nitrogens with one attached hydrogen (secondary N) is 1. The lowest BCUT2D eigenvalue weighted by Crippen LogP contribution is -2.27. The highest BCUT2D eigenvalue weighted by Crippen LogP contribution is 2.24. The summed E-state index contributed by atoms with van der Waals surface area (Å²) in [7, 11) is 1.97. The number of hydrogen-bond donors (Lipinski definition) is 1. The summed E-state index contributed by atoms with van der Waals surface area (Å²) < 4.78 is 0. The molecule has 0 aliphatic rings. The highest BCUT2D eigenvalue weighted by atomic mass is 35.5. The van der Waals surface area contributed by atoms with Crippen molar-refractivity contribution in [2.75, 3.05) is 13.6 Å². The zero-order chi connectivity index (χ0) is 19.3. The summed E-state index contributed by atoms with van der Waals surface area (Å²) in [5.74, 6) is 0.586. The molecule has 0 aromatic heterocycles. The predicted molar refractivity (Wildman–Crippen MR) is 114 cm³/mol. The molecular weight excluding hydrogens is 340 g/mol. The van der Waals surface area contributed by atoms with Crippen molar-refractivity contribution in [3.63, 3.8) is 0 Å². The van der Waals surface area contributed by atoms with E-state index >= 15 is 0 Å². The first-order chi connectivity index (χ1) is 12.4. The fourth-order valence-electron chi connectivity index (χ4n) is 3.18. The van der Waals surface area contributed by atoms with Gasteiger partial charge >= 0.3 is 0 Å². The fraction of sp³-hybridized carbons (Fsp3) is 0.435. The summed E-state index contributed by atoms with van der Waals surface area (Å²) in [6.45, 7) is 9.34. The van der Waals surface area contributed by atoms with E-state index in [1.807, 2.05) is 11.9 Å². The lowest BCUT2D eigenvalue weighted by Gasteiger charge is -2.21. The number of aryl methyl sites for hydroxylation is 3. The molecule has 2 nitrogen and oxygen atoms in total. The Balaban J connectivity index is 2.24. The molecule has 0 aliphatic carbocycles. The van der Waals surface area contributed by atoms with Gasteiger partial charge in [-0.2, -0.15) is 0 Å². The van der Waals surface area contributed by atoms with Crippen LogP contribution in [0.25, 0.3) is 0 Å². The molecule has 0 radical (unpaired) electrons. The number of nitrogens with zero attached hydrogens (tertiary/aromatic N) is 1. The van der Waals surface area contributed by atoms with Gasteiger partial charge in [0.05, 0.1) is 0 Å². The second kappa shape index (κ2) is 9.23. The molecule has 26 heavy (non-hydrogen) atoms. The van der Waals surface area contributed by atoms with E-state index in [9.17, 15) is 0 Å². The molecule has 2 rings (SSSR count). The minimum atomic E-state index is 0.586. The van der Waals surface area contributed by atoms with E-state index in [0.717, 1.165) is 35.5 Å². The number of unbranched alkanes of at least 4 members (excludes halogenated alkanes) is 1. The molecule has 0 fully saturated rings. The van der Waals surface area contributed by atoms with Gasteiger partial charge in [-0.1, -0.05) is 43.1 Å². The molecular formula is C23H31ClN2. The van der Waals surface area contributed by atoms with Gasteiger partial charge in [0, 0.05) is 24.2 Å². The summed E-state index contributed by atoms with van der Waals surface area (Å²) in [5, 5.41) is 9.26. The van der Waals surface area contributed by atoms with Crippen LogP contribution in [0.4, 0.5) is 0 Å². The molecule has 140 valence electrons. The van der Waals surface area contributed by atoms with Gasteiger partial charge < -0.3 is 4.90 Å². The Kier molecular flexibility index (Phi) is 7.28. The van der Waals surface area contributed by atoms with Crippen LogP contribution in [-0.4, -0.2) is 24.3 Å². The van der Waals surface area contributed by atoms with Crippen LogP contribution < -0.4 is 0 Å². The Morgan fingerprint density at radius 2 is 1.77 bits per heavy atom. The average molecular weight is 371 g/mol. The first kappa shape index (κ1) is 20.5. The SMILES string of the molecule is CCCCc1ccc(Cc2cc(C)c(C(=N)N(C)CC)cc2C)cc1Cl. The monoisotopic (exact) mass is 370 g/mol. The Bertz CT molecular complexity index is 780. The molecule has 2 aromatic carbocycles. The van der Waals surface area contributed by atoms with Crippen molar-refractivity contribution in [1.82, 2.24) is 4.90 Å². The standard InChI is InChI=1S/C23H31ClN2/c1-6-8-9-19-11-10-18(15-22(19)24)14-20-12-17(4)21(13-16(20)3)23(25)26(5)7-2/h10-13,15,25H,6-9,14H2,1-5H3. The van der Waals surface area contributed by atoms with Crippen molar-refractivity contribution in [3.8, 4) is 0 Å². The minimum absolute atomic E-state index is 0.586. The molecule has 0 heterocycles. The highest BCUT2D eigenvalue weighted by Gasteiger charge is 2.12. The zero-order valence-corrected chi connectivity index (χ0v) is 17.5. The van der Waals surface area contributed by atoms with Crippen molar-refractivity contribution in [3.05, 3.63) is 68.7 Å². The Morgan fingerprint density at radius 3 is 2.38 bits per heavy atom. The number of rotatable bonds is 7. The summed E-state index contributed by atoms with van der Waals surface area (Å²) in [4.78, 5) is 1.97. The third kappa shape index (κ3) is 4.88. The molecule has 0 amide bonds. The van der Waals surface area contributed by atoms with Crippen LogP contribution in [0.2, 0.25) is 5.02 Å². The van der Waals surface area contributed by atoms with E-state index in [4.69, 9.17) is 17.0 Å². The van der Waals surface area contributed by atoms with Gasteiger partial charge in [0.2, 0.25) is 0 Å². The molecule has 0 atom stereocenters. The molecule has 0 spiro atoms. The lowest BCUT2D eigenvalue weighted by molar-refractivity contribution is 0.532. The maximum absolute atomic E-state index is 8.38. The van der Waals surface area contributed by atoms with Crippen molar-refractivity contribution < 1.29 is 0 Å². The Morgan fingerprint density at radius 1 is 1.04 bits per heavy atom. The maximum Gasteiger partial charge on any atom is 0.128 e. The first-order valence-electron chi connectivity index (χ1n) is 9.54. The third-order valence-electron chi connectivity index (χ3n) is 5.11. The van der Waals surface area contributed by atoms with Gasteiger partial charge in [-0.05, 0) is 80.0 Å². The summed E-state index contributed by atoms with van der Waals surface area (Å²) >= 11 is 6.49. The van der Waals surface area contributed by atoms with E-state index in [1.54, 1.807) is 0 Å². The second-order valence-corrected chi connectivity index (χ2v) is 7.57. The van der Waals surface area contributed by atoms with Crippen LogP contribution in [0.3, 0.4) is 0 Å². The van der Waals surface area contributed by atoms with Gasteiger partial charge in [0.1, 0.15) is 5.84 Å². The molecule has 3 heteroatoms. The zero-order valence-electron chi connectivity index (χ0n) is 16.7. The normalized spacial score (nSPS) is 10.8. The molecule has 0 saturated carbocycles. The fourth-order valence-corrected chi connectivity index (χ4v) is 3.47. The summed E-state index contributed by atoms with van der Waals surface area (Å²) in [5.41, 5.74) is 7.19. The van der Waals surface area contributed by atoms with E-state index in [2.05, 4.69) is 58.0 Å². The highest BCUT2D eigenvalue weighted by molar-refractivity contribution is 6.31. The maximum atomic E-state index is 8.38. The minimum Gasteiger partial charge on any atom is -0.360 e. The first-order valence-corrected chi connectivity index (χ1v) is 9.92. The quantitative estimate of drug-likeness (QED) is 0.458. The van der Waals surface area contributed by atoms with Crippen molar-refractivity contribution in [2.24, 2.45) is 0 Å². The van der Waals surface area contributed by atoms with Crippen molar-refractivity contribution in [2.45, 2.75) is 53.4 Å². The van der Waals surface area contributed by atoms with Gasteiger partial charge in [0.15, 0.2) is 0 Å². The topological polar surface area (TPSA) is 27.1 Å². The molecule has 0 unspecified atom stereocenters. The molecule has 0 bridgehead atoms. The van der Waals surface area contributed by atoms with E-state index < -0.39 is 0 Å². The van der Waals surface area contributed by atoms with E-state index in [-0.39, 0.29) is 0 Å². The van der Waals surface area contributed by atoms with Crippen LogP contribution in [0.5, 0.6) is 0 Å². The van der Waals surface area contributed by atoms with Gasteiger partial charge in [-0.15, -0.1) is 0 Å². The van der Waals surface area contributed by atoms with Crippen molar-refractivity contribution in [1.29, 1.82) is 5.41 Å². The lowest BCUT2D eigenvalue weighted by atomic mass is 9.94. The van der Waals surface area contributed by atoms with Crippen LogP contribution in [0.1, 0.15) is 60.1 Å². The Hall–Kier alpha value is -1.80. The molecule has 0 aliphatic heterocycles. The van der Waals surface area contributed by atoms with Gasteiger partial charge in [0.25, 0.3) is 0 Å². The second-order valence-electron chi connectivity index (χ2n) is 7.16. The van der Waals surface area contributed by atoms with Crippen LogP contribution in [0, 0.1) is 19.3 Å².